The van der Waals surface area contributed by atoms with Crippen LogP contribution in [0, 0.1) is 18.3 Å². The highest BCUT2D eigenvalue weighted by molar-refractivity contribution is 7.19. The summed E-state index contributed by atoms with van der Waals surface area (Å²) in [6, 6.07) is 5.29. The van der Waals surface area contributed by atoms with E-state index in [0.717, 1.165) is 35.0 Å². The Morgan fingerprint density at radius 3 is 2.88 bits per heavy atom. The van der Waals surface area contributed by atoms with E-state index in [-0.39, 0.29) is 23.6 Å². The third-order valence-corrected chi connectivity index (χ3v) is 8.02. The molecule has 9 heteroatoms. The predicted molar refractivity (Wildman–Crippen MR) is 132 cm³/mol. The summed E-state index contributed by atoms with van der Waals surface area (Å²) in [4.78, 5) is 32.5. The van der Waals surface area contributed by atoms with Crippen LogP contribution in [0.25, 0.3) is 15.9 Å². The van der Waals surface area contributed by atoms with Gasteiger partial charge in [0, 0.05) is 15.6 Å². The van der Waals surface area contributed by atoms with Crippen LogP contribution in [0.4, 0.5) is 5.69 Å². The minimum atomic E-state index is -0.374. The molecule has 33 heavy (non-hydrogen) atoms. The van der Waals surface area contributed by atoms with Gasteiger partial charge in [-0.1, -0.05) is 38.4 Å². The average Bonchev–Trinajstić information content (AvgIpc) is 3.27. The molecular formula is C24H26ClN5O2S. The smallest absolute Gasteiger partial charge is 0.324 e. The van der Waals surface area contributed by atoms with Crippen LogP contribution in [0.5, 0.6) is 0 Å². The second-order valence-corrected chi connectivity index (χ2v) is 11.4. The van der Waals surface area contributed by atoms with E-state index in [1.165, 1.54) is 25.9 Å². The lowest BCUT2D eigenvalue weighted by Crippen LogP contribution is -2.28. The number of carbonyl (C=O) groups excluding carboxylic acids is 1. The van der Waals surface area contributed by atoms with Crippen LogP contribution in [-0.2, 0) is 24.2 Å². The number of benzene rings is 1. The fraction of sp³-hybridized carbons (Fsp3) is 0.417. The number of anilines is 1. The molecule has 172 valence electrons. The van der Waals surface area contributed by atoms with E-state index in [1.54, 1.807) is 23.5 Å². The van der Waals surface area contributed by atoms with E-state index < -0.39 is 0 Å². The van der Waals surface area contributed by atoms with Crippen LogP contribution < -0.4 is 11.0 Å². The Bertz CT molecular complexity index is 1460. The maximum Gasteiger partial charge on any atom is 0.352 e. The average molecular weight is 484 g/mol. The van der Waals surface area contributed by atoms with Gasteiger partial charge in [0.25, 0.3) is 0 Å². The van der Waals surface area contributed by atoms with E-state index in [2.05, 4.69) is 36.2 Å². The summed E-state index contributed by atoms with van der Waals surface area (Å²) in [6.45, 7) is 8.58. The number of amides is 1. The van der Waals surface area contributed by atoms with Gasteiger partial charge in [-0.3, -0.25) is 4.79 Å². The number of nitrogens with zero attached hydrogens (tertiary/aromatic N) is 4. The Labute approximate surface area is 200 Å². The maximum atomic E-state index is 13.0. The number of aromatic nitrogens is 4. The van der Waals surface area contributed by atoms with Gasteiger partial charge in [-0.05, 0) is 60.8 Å². The topological polar surface area (TPSA) is 81.3 Å². The summed E-state index contributed by atoms with van der Waals surface area (Å²) < 4.78 is 2.65. The molecule has 1 aliphatic carbocycles. The zero-order valence-electron chi connectivity index (χ0n) is 19.1. The van der Waals surface area contributed by atoms with Crippen molar-refractivity contribution in [1.82, 2.24) is 19.2 Å². The van der Waals surface area contributed by atoms with Crippen LogP contribution >= 0.6 is 22.9 Å². The molecular weight excluding hydrogens is 458 g/mol. The molecule has 3 heterocycles. The monoisotopic (exact) mass is 483 g/mol. The molecule has 5 rings (SSSR count). The molecule has 1 N–H and O–H groups in total. The molecule has 0 unspecified atom stereocenters. The van der Waals surface area contributed by atoms with Crippen LogP contribution in [0.2, 0.25) is 5.02 Å². The first-order valence-corrected chi connectivity index (χ1v) is 12.3. The van der Waals surface area contributed by atoms with Crippen molar-refractivity contribution < 1.29 is 4.79 Å². The van der Waals surface area contributed by atoms with E-state index in [0.29, 0.717) is 22.3 Å². The van der Waals surface area contributed by atoms with Crippen molar-refractivity contribution in [2.45, 2.75) is 53.5 Å². The Kier molecular flexibility index (Phi) is 5.33. The van der Waals surface area contributed by atoms with Crippen LogP contribution in [-0.4, -0.2) is 25.1 Å². The molecule has 1 atom stereocenters. The lowest BCUT2D eigenvalue weighted by molar-refractivity contribution is -0.117. The highest BCUT2D eigenvalue weighted by atomic mass is 35.5. The summed E-state index contributed by atoms with van der Waals surface area (Å²) in [5.74, 6) is 0.280. The van der Waals surface area contributed by atoms with Crippen molar-refractivity contribution in [3.05, 3.63) is 56.0 Å². The summed E-state index contributed by atoms with van der Waals surface area (Å²) >= 11 is 7.75. The lowest BCUT2D eigenvalue weighted by Gasteiger charge is -2.33. The van der Waals surface area contributed by atoms with Gasteiger partial charge in [0.05, 0.1) is 5.39 Å². The molecule has 0 spiro atoms. The van der Waals surface area contributed by atoms with Gasteiger partial charge in [0.2, 0.25) is 5.91 Å². The van der Waals surface area contributed by atoms with Crippen molar-refractivity contribution in [1.29, 1.82) is 0 Å². The molecule has 3 aromatic heterocycles. The van der Waals surface area contributed by atoms with Crippen molar-refractivity contribution in [2.24, 2.45) is 11.3 Å². The first-order valence-electron chi connectivity index (χ1n) is 11.1. The largest absolute Gasteiger partial charge is 0.352 e. The molecule has 1 amide bonds. The maximum absolute atomic E-state index is 13.0. The molecule has 7 nitrogen and oxygen atoms in total. The zero-order valence-corrected chi connectivity index (χ0v) is 20.7. The summed E-state index contributed by atoms with van der Waals surface area (Å²) in [7, 11) is 0. The third-order valence-electron chi connectivity index (χ3n) is 6.62. The Morgan fingerprint density at radius 2 is 2.12 bits per heavy atom. The molecule has 1 aliphatic rings. The Morgan fingerprint density at radius 1 is 1.33 bits per heavy atom. The fourth-order valence-corrected chi connectivity index (χ4v) is 6.03. The molecule has 4 aromatic rings. The minimum absolute atomic E-state index is 0.188. The van der Waals surface area contributed by atoms with Gasteiger partial charge in [-0.25, -0.2) is 18.9 Å². The van der Waals surface area contributed by atoms with E-state index in [1.807, 2.05) is 13.0 Å². The van der Waals surface area contributed by atoms with Gasteiger partial charge >= 0.3 is 5.69 Å². The van der Waals surface area contributed by atoms with Crippen LogP contribution in [0.3, 0.4) is 0 Å². The lowest BCUT2D eigenvalue weighted by atomic mass is 9.72. The van der Waals surface area contributed by atoms with Crippen molar-refractivity contribution in [2.75, 3.05) is 5.32 Å². The molecule has 0 bridgehead atoms. The third kappa shape index (κ3) is 3.95. The predicted octanol–water partition coefficient (Wildman–Crippen LogP) is 4.86. The van der Waals surface area contributed by atoms with Gasteiger partial charge in [-0.15, -0.1) is 16.4 Å². The van der Waals surface area contributed by atoms with E-state index in [9.17, 15) is 9.59 Å². The van der Waals surface area contributed by atoms with Gasteiger partial charge in [-0.2, -0.15) is 0 Å². The fourth-order valence-electron chi connectivity index (χ4n) is 4.59. The SMILES string of the molecule is Cc1ccc(Cl)cc1NC(=O)Cn1nc2c3c4c(sc3ncn2c1=O)C[C@@H](C(C)(C)C)CC4. The van der Waals surface area contributed by atoms with Gasteiger partial charge < -0.3 is 5.32 Å². The number of fused-ring (bicyclic) bond motifs is 5. The highest BCUT2D eigenvalue weighted by Gasteiger charge is 2.32. The quantitative estimate of drug-likeness (QED) is 0.451. The first kappa shape index (κ1) is 22.1. The zero-order chi connectivity index (χ0) is 23.5. The molecule has 0 fully saturated rings. The van der Waals surface area contributed by atoms with E-state index >= 15 is 0 Å². The Hall–Kier alpha value is -2.71. The normalized spacial score (nSPS) is 16.3. The summed E-state index contributed by atoms with van der Waals surface area (Å²) in [5, 5.41) is 8.87. The Balaban J connectivity index is 1.49. The molecule has 0 saturated carbocycles. The minimum Gasteiger partial charge on any atom is -0.324 e. The van der Waals surface area contributed by atoms with Crippen LogP contribution in [0.15, 0.2) is 29.3 Å². The molecule has 0 radical (unpaired) electrons. The number of carbonyl (C=O) groups is 1. The number of thiophene rings is 1. The molecule has 0 aliphatic heterocycles. The number of rotatable bonds is 3. The molecule has 0 saturated heterocycles. The van der Waals surface area contributed by atoms with Crippen molar-refractivity contribution in [3.63, 3.8) is 0 Å². The van der Waals surface area contributed by atoms with Gasteiger partial charge in [0.1, 0.15) is 17.7 Å². The number of halogens is 1. The standard InChI is InChI=1S/C24H26ClN5O2S/c1-13-5-7-15(25)10-17(13)27-19(31)11-30-23(32)29-12-26-22-20(21(29)28-30)16-8-6-14(24(2,3)4)9-18(16)33-22/h5,7,10,12,14H,6,8-9,11H2,1-4H3,(H,27,31)/t14-/m0/s1. The first-order chi connectivity index (χ1) is 15.6. The number of hydrogen-bond donors (Lipinski definition) is 1. The highest BCUT2D eigenvalue weighted by Crippen LogP contribution is 2.43. The number of nitrogens with one attached hydrogen (secondary N) is 1. The van der Waals surface area contributed by atoms with Crippen molar-refractivity contribution in [3.8, 4) is 0 Å². The van der Waals surface area contributed by atoms with Crippen molar-refractivity contribution >= 4 is 50.4 Å². The summed E-state index contributed by atoms with van der Waals surface area (Å²) in [5.41, 5.74) is 3.21. The summed E-state index contributed by atoms with van der Waals surface area (Å²) in [6.07, 6.45) is 4.61. The second kappa shape index (κ2) is 7.95. The van der Waals surface area contributed by atoms with E-state index in [4.69, 9.17) is 11.6 Å². The number of hydrogen-bond acceptors (Lipinski definition) is 5. The second-order valence-electron chi connectivity index (χ2n) is 9.88. The number of aryl methyl sites for hydroxylation is 2. The van der Waals surface area contributed by atoms with Crippen LogP contribution in [0.1, 0.15) is 43.2 Å². The molecule has 1 aromatic carbocycles. The van der Waals surface area contributed by atoms with Gasteiger partial charge in [0.15, 0.2) is 5.65 Å².